The van der Waals surface area contributed by atoms with E-state index in [2.05, 4.69) is 15.8 Å². The zero-order valence-electron chi connectivity index (χ0n) is 17.4. The van der Waals surface area contributed by atoms with Gasteiger partial charge in [-0.25, -0.2) is 4.79 Å². The van der Waals surface area contributed by atoms with E-state index in [1.807, 2.05) is 0 Å². The van der Waals surface area contributed by atoms with Crippen molar-refractivity contribution in [2.75, 3.05) is 27.4 Å². The smallest absolute Gasteiger partial charge is 0.343 e. The molecule has 0 aliphatic carbocycles. The van der Waals surface area contributed by atoms with Gasteiger partial charge in [0.05, 0.1) is 32.1 Å². The average molecular weight is 444 g/mol. The number of carbonyl (C=O) groups excluding carboxylic acids is 1. The van der Waals surface area contributed by atoms with Gasteiger partial charge in [-0.2, -0.15) is 5.10 Å². The van der Waals surface area contributed by atoms with Gasteiger partial charge in [-0.15, -0.1) is 0 Å². The topological polar surface area (TPSA) is 90.4 Å². The highest BCUT2D eigenvalue weighted by Crippen LogP contribution is 2.28. The summed E-state index contributed by atoms with van der Waals surface area (Å²) in [6.45, 7) is 1.46. The summed E-state index contributed by atoms with van der Waals surface area (Å²) in [5.74, 6) is 0.881. The first-order chi connectivity index (χ1) is 15.1. The zero-order valence-corrected chi connectivity index (χ0v) is 18.2. The number of nitrogens with one attached hydrogen (secondary N) is 2. The number of benzene rings is 2. The zero-order chi connectivity index (χ0) is 22.1. The maximum atomic E-state index is 12.4. The second-order valence-corrected chi connectivity index (χ2v) is 7.15. The molecule has 1 aliphatic rings. The van der Waals surface area contributed by atoms with Crippen LogP contribution >= 0.6 is 12.2 Å². The lowest BCUT2D eigenvalue weighted by atomic mass is 10.2. The largest absolute Gasteiger partial charge is 0.497 e. The van der Waals surface area contributed by atoms with E-state index in [4.69, 9.17) is 31.2 Å². The normalized spacial score (nSPS) is 15.5. The van der Waals surface area contributed by atoms with Crippen LogP contribution in [0.4, 0.5) is 0 Å². The molecule has 31 heavy (non-hydrogen) atoms. The summed E-state index contributed by atoms with van der Waals surface area (Å²) in [7, 11) is 3.07. The standard InChI is InChI=1S/C22H25N3O5S/c1-27-17-8-6-16(7-9-17)21(26)30-19-10-5-15(12-20(19)28-2)13-24-25-22(31)23-14-18-4-3-11-29-18/h5-10,12-13,18H,3-4,11,14H2,1-2H3,(H2,23,25,31). The van der Waals surface area contributed by atoms with E-state index in [-0.39, 0.29) is 6.10 Å². The van der Waals surface area contributed by atoms with Crippen molar-refractivity contribution in [1.29, 1.82) is 0 Å². The first-order valence-corrected chi connectivity index (χ1v) is 10.2. The van der Waals surface area contributed by atoms with Crippen LogP contribution in [-0.2, 0) is 4.74 Å². The molecule has 164 valence electrons. The van der Waals surface area contributed by atoms with Gasteiger partial charge in [-0.3, -0.25) is 5.43 Å². The molecule has 1 unspecified atom stereocenters. The third kappa shape index (κ3) is 6.66. The van der Waals surface area contributed by atoms with Crippen molar-refractivity contribution in [2.24, 2.45) is 5.10 Å². The molecule has 1 fully saturated rings. The third-order valence-corrected chi connectivity index (χ3v) is 4.85. The van der Waals surface area contributed by atoms with Gasteiger partial charge in [-0.1, -0.05) is 0 Å². The summed E-state index contributed by atoms with van der Waals surface area (Å²) in [4.78, 5) is 12.4. The molecule has 0 saturated carbocycles. The molecule has 8 nitrogen and oxygen atoms in total. The highest BCUT2D eigenvalue weighted by Gasteiger charge is 2.15. The van der Waals surface area contributed by atoms with Crippen LogP contribution in [0.25, 0.3) is 0 Å². The van der Waals surface area contributed by atoms with E-state index < -0.39 is 5.97 Å². The van der Waals surface area contributed by atoms with Crippen LogP contribution in [0.5, 0.6) is 17.2 Å². The number of hydrogen-bond acceptors (Lipinski definition) is 7. The molecule has 1 atom stereocenters. The Morgan fingerprint density at radius 3 is 2.68 bits per heavy atom. The fourth-order valence-electron chi connectivity index (χ4n) is 2.95. The van der Waals surface area contributed by atoms with Crippen molar-refractivity contribution >= 4 is 29.5 Å². The van der Waals surface area contributed by atoms with Crippen LogP contribution in [0.2, 0.25) is 0 Å². The van der Waals surface area contributed by atoms with Gasteiger partial charge in [0, 0.05) is 13.2 Å². The Kier molecular flexibility index (Phi) is 8.19. The number of hydrogen-bond donors (Lipinski definition) is 2. The quantitative estimate of drug-likeness (QED) is 0.212. The lowest BCUT2D eigenvalue weighted by molar-refractivity contribution is 0.0729. The van der Waals surface area contributed by atoms with Crippen molar-refractivity contribution in [3.63, 3.8) is 0 Å². The maximum Gasteiger partial charge on any atom is 0.343 e. The van der Waals surface area contributed by atoms with Gasteiger partial charge < -0.3 is 24.3 Å². The molecule has 2 N–H and O–H groups in total. The Hall–Kier alpha value is -3.17. The van der Waals surface area contributed by atoms with Crippen LogP contribution in [0.3, 0.4) is 0 Å². The number of esters is 1. The van der Waals surface area contributed by atoms with Gasteiger partial charge in [-0.05, 0) is 73.1 Å². The predicted molar refractivity (Wildman–Crippen MR) is 121 cm³/mol. The molecule has 1 aliphatic heterocycles. The van der Waals surface area contributed by atoms with E-state index in [0.717, 1.165) is 25.0 Å². The van der Waals surface area contributed by atoms with Crippen LogP contribution in [0.1, 0.15) is 28.8 Å². The minimum atomic E-state index is -0.494. The van der Waals surface area contributed by atoms with Crippen LogP contribution in [0.15, 0.2) is 47.6 Å². The Balaban J connectivity index is 1.55. The summed E-state index contributed by atoms with van der Waals surface area (Å²) >= 11 is 5.20. The maximum absolute atomic E-state index is 12.4. The molecule has 1 heterocycles. The molecule has 3 rings (SSSR count). The number of ether oxygens (including phenoxy) is 4. The Labute approximate surface area is 186 Å². The van der Waals surface area contributed by atoms with Crippen LogP contribution in [0, 0.1) is 0 Å². The van der Waals surface area contributed by atoms with Crippen molar-refractivity contribution in [3.8, 4) is 17.2 Å². The van der Waals surface area contributed by atoms with Crippen molar-refractivity contribution in [2.45, 2.75) is 18.9 Å². The molecule has 0 spiro atoms. The molecule has 2 aromatic carbocycles. The average Bonchev–Trinajstić information content (AvgIpc) is 3.32. The Morgan fingerprint density at radius 2 is 2.00 bits per heavy atom. The summed E-state index contributed by atoms with van der Waals surface area (Å²) in [6, 6.07) is 11.8. The highest BCUT2D eigenvalue weighted by atomic mass is 32.1. The van der Waals surface area contributed by atoms with Gasteiger partial charge in [0.25, 0.3) is 0 Å². The van der Waals surface area contributed by atoms with Crippen LogP contribution < -0.4 is 25.0 Å². The molecule has 0 amide bonds. The van der Waals surface area contributed by atoms with Gasteiger partial charge in [0.1, 0.15) is 5.75 Å². The van der Waals surface area contributed by atoms with E-state index in [1.54, 1.807) is 55.8 Å². The minimum absolute atomic E-state index is 0.196. The number of thiocarbonyl (C=S) groups is 1. The molecule has 0 aromatic heterocycles. The molecular formula is C22H25N3O5S. The molecule has 0 bridgehead atoms. The molecule has 2 aromatic rings. The van der Waals surface area contributed by atoms with Crippen molar-refractivity contribution in [1.82, 2.24) is 10.7 Å². The summed E-state index contributed by atoms with van der Waals surface area (Å²) in [6.07, 6.45) is 3.91. The van der Waals surface area contributed by atoms with Gasteiger partial charge >= 0.3 is 5.97 Å². The molecular weight excluding hydrogens is 418 g/mol. The number of carbonyl (C=O) groups is 1. The molecule has 0 radical (unpaired) electrons. The SMILES string of the molecule is COc1ccc(C(=O)Oc2ccc(C=NNC(=S)NCC3CCCO3)cc2OC)cc1. The second-order valence-electron chi connectivity index (χ2n) is 6.74. The second kappa shape index (κ2) is 11.3. The lowest BCUT2D eigenvalue weighted by Gasteiger charge is -2.12. The number of rotatable bonds is 8. The Bertz CT molecular complexity index is 927. The summed E-state index contributed by atoms with van der Waals surface area (Å²) < 4.78 is 21.4. The molecule has 9 heteroatoms. The van der Waals surface area contributed by atoms with Crippen molar-refractivity contribution in [3.05, 3.63) is 53.6 Å². The summed E-state index contributed by atoms with van der Waals surface area (Å²) in [5, 5.41) is 7.62. The van der Waals surface area contributed by atoms with Crippen LogP contribution in [-0.4, -0.2) is 50.8 Å². The first kappa shape index (κ1) is 22.5. The fraction of sp³-hybridized carbons (Fsp3) is 0.318. The predicted octanol–water partition coefficient (Wildman–Crippen LogP) is 2.90. The lowest BCUT2D eigenvalue weighted by Crippen LogP contribution is -2.37. The highest BCUT2D eigenvalue weighted by molar-refractivity contribution is 7.80. The monoisotopic (exact) mass is 443 g/mol. The van der Waals surface area contributed by atoms with Gasteiger partial charge in [0.2, 0.25) is 0 Å². The minimum Gasteiger partial charge on any atom is -0.497 e. The third-order valence-electron chi connectivity index (χ3n) is 4.61. The van der Waals surface area contributed by atoms with Gasteiger partial charge in [0.15, 0.2) is 16.6 Å². The number of methoxy groups -OCH3 is 2. The van der Waals surface area contributed by atoms with E-state index in [0.29, 0.717) is 34.5 Å². The first-order valence-electron chi connectivity index (χ1n) is 9.82. The summed E-state index contributed by atoms with van der Waals surface area (Å²) in [5.41, 5.74) is 3.92. The van der Waals surface area contributed by atoms with E-state index >= 15 is 0 Å². The molecule has 1 saturated heterocycles. The fourth-order valence-corrected chi connectivity index (χ4v) is 3.09. The van der Waals surface area contributed by atoms with E-state index in [1.165, 1.54) is 7.11 Å². The number of hydrazone groups is 1. The van der Waals surface area contributed by atoms with E-state index in [9.17, 15) is 4.79 Å². The Morgan fingerprint density at radius 1 is 1.19 bits per heavy atom. The van der Waals surface area contributed by atoms with Crippen molar-refractivity contribution < 1.29 is 23.7 Å². The number of nitrogens with zero attached hydrogens (tertiary/aromatic N) is 1.